The van der Waals surface area contributed by atoms with Crippen LogP contribution in [0.1, 0.15) is 59.7 Å². The minimum Gasteiger partial charge on any atom is -0.339 e. The van der Waals surface area contributed by atoms with E-state index < -0.39 is 0 Å². The van der Waals surface area contributed by atoms with Gasteiger partial charge < -0.3 is 14.4 Å². The predicted octanol–water partition coefficient (Wildman–Crippen LogP) is 1.61. The molecule has 2 fully saturated rings. The molecule has 7 nitrogen and oxygen atoms in total. The first-order chi connectivity index (χ1) is 10.7. The number of nitrogens with zero attached hydrogens (tertiary/aromatic N) is 3. The summed E-state index contributed by atoms with van der Waals surface area (Å²) in [5.74, 6) is 1.58. The number of amides is 1. The van der Waals surface area contributed by atoms with Crippen molar-refractivity contribution >= 4 is 5.91 Å². The lowest BCUT2D eigenvalue weighted by molar-refractivity contribution is 0.0728. The molecule has 1 saturated carbocycles. The molecular weight excluding hydrogens is 284 g/mol. The number of hydrogen-bond donors (Lipinski definition) is 1. The van der Waals surface area contributed by atoms with Gasteiger partial charge in [-0.3, -0.25) is 9.59 Å². The fraction of sp³-hybridized carbons (Fsp3) is 0.467. The van der Waals surface area contributed by atoms with Crippen molar-refractivity contribution in [3.8, 4) is 0 Å². The topological polar surface area (TPSA) is 92.1 Å². The van der Waals surface area contributed by atoms with Crippen LogP contribution in [0.25, 0.3) is 0 Å². The van der Waals surface area contributed by atoms with Crippen molar-refractivity contribution in [2.75, 3.05) is 6.54 Å². The van der Waals surface area contributed by atoms with Crippen LogP contribution < -0.4 is 5.56 Å². The molecule has 4 rings (SSSR count). The van der Waals surface area contributed by atoms with Crippen LogP contribution in [-0.2, 0) is 0 Å². The lowest BCUT2D eigenvalue weighted by atomic mass is 10.2. The number of aromatic amines is 1. The molecular formula is C15H16N4O3. The highest BCUT2D eigenvalue weighted by Gasteiger charge is 2.36. The average molecular weight is 300 g/mol. The van der Waals surface area contributed by atoms with Crippen molar-refractivity contribution in [2.24, 2.45) is 0 Å². The van der Waals surface area contributed by atoms with E-state index in [-0.39, 0.29) is 17.5 Å². The molecule has 0 spiro atoms. The minimum atomic E-state index is -0.221. The number of aromatic nitrogens is 3. The van der Waals surface area contributed by atoms with E-state index in [4.69, 9.17) is 4.52 Å². The Morgan fingerprint density at radius 2 is 2.18 bits per heavy atom. The largest absolute Gasteiger partial charge is 0.339 e. The summed E-state index contributed by atoms with van der Waals surface area (Å²) in [7, 11) is 0. The molecule has 1 aliphatic heterocycles. The fourth-order valence-corrected chi connectivity index (χ4v) is 2.87. The summed E-state index contributed by atoms with van der Waals surface area (Å²) < 4.78 is 5.30. The SMILES string of the molecule is O=C(c1ccc(=O)[nH]c1)N1CCCC1c1noc(C2CC2)n1. The quantitative estimate of drug-likeness (QED) is 0.929. The van der Waals surface area contributed by atoms with Gasteiger partial charge in [0.2, 0.25) is 11.4 Å². The van der Waals surface area contributed by atoms with Gasteiger partial charge in [0.1, 0.15) is 0 Å². The van der Waals surface area contributed by atoms with Gasteiger partial charge in [0.15, 0.2) is 5.82 Å². The van der Waals surface area contributed by atoms with Crippen LogP contribution in [0.2, 0.25) is 0 Å². The van der Waals surface area contributed by atoms with Gasteiger partial charge in [-0.2, -0.15) is 4.98 Å². The second-order valence-electron chi connectivity index (χ2n) is 5.86. The molecule has 3 heterocycles. The van der Waals surface area contributed by atoms with Crippen LogP contribution >= 0.6 is 0 Å². The van der Waals surface area contributed by atoms with E-state index in [2.05, 4.69) is 15.1 Å². The standard InChI is InChI=1S/C15H16N4O3/c20-12-6-5-10(8-16-12)15(21)19-7-1-2-11(19)13-17-14(22-18-13)9-3-4-9/h5-6,8-9,11H,1-4,7H2,(H,16,20). The Bertz CT molecular complexity index is 742. The first-order valence-corrected chi connectivity index (χ1v) is 7.55. The third kappa shape index (κ3) is 2.32. The summed E-state index contributed by atoms with van der Waals surface area (Å²) in [6.07, 6.45) is 5.40. The summed E-state index contributed by atoms with van der Waals surface area (Å²) in [4.78, 5) is 32.5. The maximum Gasteiger partial charge on any atom is 0.255 e. The van der Waals surface area contributed by atoms with Crippen molar-refractivity contribution in [1.82, 2.24) is 20.0 Å². The molecule has 1 N–H and O–H groups in total. The number of rotatable bonds is 3. The predicted molar refractivity (Wildman–Crippen MR) is 76.3 cm³/mol. The molecule has 1 amide bonds. The molecule has 2 aromatic rings. The normalized spacial score (nSPS) is 21.3. The van der Waals surface area contributed by atoms with Gasteiger partial charge in [-0.15, -0.1) is 0 Å². The van der Waals surface area contributed by atoms with Crippen LogP contribution in [0.5, 0.6) is 0 Å². The van der Waals surface area contributed by atoms with Gasteiger partial charge in [0, 0.05) is 24.7 Å². The lowest BCUT2D eigenvalue weighted by Gasteiger charge is -2.22. The molecule has 114 valence electrons. The Morgan fingerprint density at radius 3 is 2.91 bits per heavy atom. The second-order valence-corrected chi connectivity index (χ2v) is 5.86. The fourth-order valence-electron chi connectivity index (χ4n) is 2.87. The molecule has 22 heavy (non-hydrogen) atoms. The summed E-state index contributed by atoms with van der Waals surface area (Å²) in [5, 5.41) is 4.06. The highest BCUT2D eigenvalue weighted by Crippen LogP contribution is 2.40. The molecule has 0 bridgehead atoms. The van der Waals surface area contributed by atoms with Crippen LogP contribution in [0.4, 0.5) is 0 Å². The van der Waals surface area contributed by atoms with Crippen LogP contribution in [0.15, 0.2) is 27.6 Å². The zero-order chi connectivity index (χ0) is 15.1. The average Bonchev–Trinajstić information content (AvgIpc) is 3.08. The number of likely N-dealkylation sites (tertiary alicyclic amines) is 1. The number of H-pyrrole nitrogens is 1. The van der Waals surface area contributed by atoms with Crippen LogP contribution in [-0.4, -0.2) is 32.5 Å². The summed E-state index contributed by atoms with van der Waals surface area (Å²) >= 11 is 0. The maximum absolute atomic E-state index is 12.6. The van der Waals surface area contributed by atoms with E-state index in [9.17, 15) is 9.59 Å². The van der Waals surface area contributed by atoms with Crippen molar-refractivity contribution < 1.29 is 9.32 Å². The molecule has 0 radical (unpaired) electrons. The van der Waals surface area contributed by atoms with E-state index in [1.807, 2.05) is 0 Å². The molecule has 1 atom stereocenters. The molecule has 0 aromatic carbocycles. The van der Waals surface area contributed by atoms with E-state index in [0.29, 0.717) is 29.7 Å². The van der Waals surface area contributed by atoms with Crippen LogP contribution in [0.3, 0.4) is 0 Å². The molecule has 1 aliphatic carbocycles. The van der Waals surface area contributed by atoms with Crippen molar-refractivity contribution in [1.29, 1.82) is 0 Å². The smallest absolute Gasteiger partial charge is 0.255 e. The highest BCUT2D eigenvalue weighted by molar-refractivity contribution is 5.94. The third-order valence-corrected chi connectivity index (χ3v) is 4.23. The molecule has 2 aliphatic rings. The van der Waals surface area contributed by atoms with E-state index in [0.717, 1.165) is 25.7 Å². The number of carbonyl (C=O) groups is 1. The van der Waals surface area contributed by atoms with Gasteiger partial charge in [-0.1, -0.05) is 5.16 Å². The maximum atomic E-state index is 12.6. The van der Waals surface area contributed by atoms with E-state index in [1.54, 1.807) is 11.0 Å². The monoisotopic (exact) mass is 300 g/mol. The molecule has 7 heteroatoms. The Hall–Kier alpha value is -2.44. The summed E-state index contributed by atoms with van der Waals surface area (Å²) in [5.41, 5.74) is 0.249. The van der Waals surface area contributed by atoms with Gasteiger partial charge in [0.25, 0.3) is 5.91 Å². The molecule has 1 unspecified atom stereocenters. The Balaban J connectivity index is 1.58. The highest BCUT2D eigenvalue weighted by atomic mass is 16.5. The van der Waals surface area contributed by atoms with Crippen molar-refractivity contribution in [2.45, 2.75) is 37.6 Å². The number of hydrogen-bond acceptors (Lipinski definition) is 5. The first kappa shape index (κ1) is 13.2. The second kappa shape index (κ2) is 5.08. The zero-order valence-corrected chi connectivity index (χ0v) is 12.0. The molecule has 1 saturated heterocycles. The van der Waals surface area contributed by atoms with Crippen molar-refractivity contribution in [3.63, 3.8) is 0 Å². The Kier molecular flexibility index (Phi) is 3.06. The van der Waals surface area contributed by atoms with Gasteiger partial charge in [0.05, 0.1) is 11.6 Å². The number of pyridine rings is 1. The summed E-state index contributed by atoms with van der Waals surface area (Å²) in [6, 6.07) is 2.76. The van der Waals surface area contributed by atoms with E-state index in [1.165, 1.54) is 12.3 Å². The van der Waals surface area contributed by atoms with Gasteiger partial charge in [-0.25, -0.2) is 0 Å². The Labute approximate surface area is 126 Å². The van der Waals surface area contributed by atoms with Gasteiger partial charge in [-0.05, 0) is 31.7 Å². The van der Waals surface area contributed by atoms with E-state index >= 15 is 0 Å². The third-order valence-electron chi connectivity index (χ3n) is 4.23. The van der Waals surface area contributed by atoms with Gasteiger partial charge >= 0.3 is 0 Å². The number of nitrogens with one attached hydrogen (secondary N) is 1. The molecule has 2 aromatic heterocycles. The minimum absolute atomic E-state index is 0.114. The number of carbonyl (C=O) groups excluding carboxylic acids is 1. The van der Waals surface area contributed by atoms with Crippen molar-refractivity contribution in [3.05, 3.63) is 46.0 Å². The van der Waals surface area contributed by atoms with Crippen LogP contribution in [0, 0.1) is 0 Å². The first-order valence-electron chi connectivity index (χ1n) is 7.55. The zero-order valence-electron chi connectivity index (χ0n) is 12.0. The Morgan fingerprint density at radius 1 is 1.32 bits per heavy atom. The summed E-state index contributed by atoms with van der Waals surface area (Å²) in [6.45, 7) is 0.663. The lowest BCUT2D eigenvalue weighted by Crippen LogP contribution is -2.31.